The zero-order chi connectivity index (χ0) is 39.7. The average Bonchev–Trinajstić information content (AvgIpc) is 3.84. The smallest absolute Gasteiger partial charge is 0.744 e. The zero-order valence-electron chi connectivity index (χ0n) is 31.4. The molecule has 3 aromatic heterocycles. The second kappa shape index (κ2) is 18.3. The number of nitrogens with zero attached hydrogens (tertiary/aromatic N) is 8. The maximum Gasteiger partial charge on any atom is 2.00 e. The maximum atomic E-state index is 12.0. The van der Waals surface area contributed by atoms with E-state index in [1.165, 1.54) is 24.3 Å². The monoisotopic (exact) mass is 978 g/mol. The number of benzene rings is 4. The first-order chi connectivity index (χ1) is 26.2. The molecule has 20 nitrogen and oxygen atoms in total. The first-order valence-electron chi connectivity index (χ1n) is 15.3. The van der Waals surface area contributed by atoms with Crippen LogP contribution >= 0.6 is 0 Å². The van der Waals surface area contributed by atoms with Gasteiger partial charge in [0, 0.05) is 44.8 Å². The van der Waals surface area contributed by atoms with Gasteiger partial charge in [0.25, 0.3) is 0 Å². The Hall–Kier alpha value is -1.63. The van der Waals surface area contributed by atoms with Crippen molar-refractivity contribution in [1.82, 2.24) is 39.9 Å². The van der Waals surface area contributed by atoms with E-state index in [1.54, 1.807) is 0 Å². The van der Waals surface area contributed by atoms with E-state index >= 15 is 0 Å². The van der Waals surface area contributed by atoms with Gasteiger partial charge in [0.15, 0.2) is 0 Å². The third-order valence-electron chi connectivity index (χ3n) is 8.74. The van der Waals surface area contributed by atoms with Crippen molar-refractivity contribution < 1.29 is 187 Å². The Morgan fingerprint density at radius 1 is 0.344 bits per heavy atom. The van der Waals surface area contributed by atoms with E-state index in [0.29, 0.717) is 0 Å². The molecule has 4 aromatic carbocycles. The molecule has 29 heteroatoms. The Labute approximate surface area is 442 Å². The Balaban J connectivity index is 0.00000164. The van der Waals surface area contributed by atoms with E-state index in [0.717, 1.165) is 48.5 Å². The standard InChI is InChI=1S/C32H16N8O12S4.4Na.Ni/c41-53(42,43)13-1-5-17-21(9-13)29-33-25(17)37-30-22-10-14(54(44,45)46)2-6-18(22)27(34-30)39-32-24-12-16(56(50,51)52)4-8-20(24)28(36-32)40-31-23-11-15(55(47,48)49)3-7-19(23)26(35-31)38-29;;;;;/h1-12H,(H4-2,33,34,35,36,37,38,39,40,41,42,43,44,45,46,47,48,49,50,51,52);;;;;/q-2;4*+1;+2/p-4. The third-order valence-corrected chi connectivity index (χ3v) is 12.1. The van der Waals surface area contributed by atoms with Gasteiger partial charge in [-0.3, -0.25) is 0 Å². The normalized spacial score (nSPS) is 12.1. The number of rotatable bonds is 4. The molecule has 0 fully saturated rings. The summed E-state index contributed by atoms with van der Waals surface area (Å²) in [5, 5.41) is 0.169. The molecular formula is C32H12N8Na4NiO12S4. The van der Waals surface area contributed by atoms with Gasteiger partial charge < -0.3 is 48.1 Å². The molecule has 0 aliphatic carbocycles. The molecule has 0 N–H and O–H groups in total. The van der Waals surface area contributed by atoms with Crippen molar-refractivity contribution in [3.63, 3.8) is 0 Å². The van der Waals surface area contributed by atoms with Crippen molar-refractivity contribution in [1.29, 1.82) is 0 Å². The van der Waals surface area contributed by atoms with Gasteiger partial charge in [-0.05, 0) is 70.1 Å². The SMILES string of the molecule is O=S(=O)([O-])c1ccc2c(c1)-c1nc-2nc2[n-]c(nc3nc(nc4[n-]c(n1)c1ccc(S(=O)(=O)[O-])cc41)-c1ccc(S(=O)(=O)[O-])cc1-3)c1ccc(S(=O)(=O)[O-])cc21.[Na+].[Na+].[Na+].[Na+].[Ni+2]. The molecular weight excluding hydrogens is 967 g/mol. The molecule has 8 bridgehead atoms. The largest absolute Gasteiger partial charge is 2.00 e. The molecule has 5 heterocycles. The summed E-state index contributed by atoms with van der Waals surface area (Å²) in [4.78, 5) is 33.2. The predicted octanol–water partition coefficient (Wildman–Crippen LogP) is -10.2. The van der Waals surface area contributed by atoms with Crippen LogP contribution in [-0.4, -0.2) is 81.8 Å². The van der Waals surface area contributed by atoms with Crippen LogP contribution in [0.15, 0.2) is 92.4 Å². The molecule has 0 saturated heterocycles. The van der Waals surface area contributed by atoms with Crippen LogP contribution in [0.2, 0.25) is 0 Å². The van der Waals surface area contributed by atoms with E-state index in [9.17, 15) is 51.9 Å². The molecule has 0 amide bonds. The number of aromatic nitrogens is 8. The summed E-state index contributed by atoms with van der Waals surface area (Å²) in [7, 11) is -20.1. The van der Waals surface area contributed by atoms with Crippen LogP contribution in [0.1, 0.15) is 0 Å². The van der Waals surface area contributed by atoms with Crippen molar-refractivity contribution in [3.8, 4) is 45.6 Å². The van der Waals surface area contributed by atoms with Gasteiger partial charge in [-0.15, -0.1) is 0 Å². The van der Waals surface area contributed by atoms with Crippen LogP contribution in [0.4, 0.5) is 0 Å². The summed E-state index contributed by atoms with van der Waals surface area (Å²) in [5.74, 6) is -0.882. The van der Waals surface area contributed by atoms with E-state index < -0.39 is 60.1 Å². The average molecular weight is 979 g/mol. The molecule has 2 aliphatic heterocycles. The van der Waals surface area contributed by atoms with Gasteiger partial charge in [-0.1, -0.05) is 24.3 Å². The molecule has 0 radical (unpaired) electrons. The summed E-state index contributed by atoms with van der Waals surface area (Å²) in [6.45, 7) is 0. The first kappa shape index (κ1) is 52.0. The molecule has 9 rings (SSSR count). The molecule has 0 atom stereocenters. The minimum Gasteiger partial charge on any atom is -0.744 e. The Morgan fingerprint density at radius 2 is 0.607 bits per heavy atom. The topological polar surface area (TPSA) is 334 Å². The minimum absolute atomic E-state index is 0. The van der Waals surface area contributed by atoms with Crippen LogP contribution in [0.3, 0.4) is 0 Å². The van der Waals surface area contributed by atoms with Crippen molar-refractivity contribution in [2.45, 2.75) is 19.6 Å². The summed E-state index contributed by atoms with van der Waals surface area (Å²) in [5.41, 5.74) is -0.712. The van der Waals surface area contributed by atoms with E-state index in [-0.39, 0.29) is 224 Å². The van der Waals surface area contributed by atoms with Gasteiger partial charge in [0.1, 0.15) is 40.5 Å². The van der Waals surface area contributed by atoms with E-state index in [1.807, 2.05) is 0 Å². The molecule has 2 aliphatic rings. The second-order valence-corrected chi connectivity index (χ2v) is 17.6. The fraction of sp³-hybridized carbons (Fsp3) is 0. The van der Waals surface area contributed by atoms with Crippen LogP contribution in [0.25, 0.3) is 89.7 Å². The van der Waals surface area contributed by atoms with E-state index in [2.05, 4.69) is 39.9 Å². The molecule has 61 heavy (non-hydrogen) atoms. The first-order valence-corrected chi connectivity index (χ1v) is 21.0. The molecule has 290 valence electrons. The Kier molecular flexibility index (Phi) is 15.6. The van der Waals surface area contributed by atoms with Crippen LogP contribution in [0.5, 0.6) is 0 Å². The van der Waals surface area contributed by atoms with Crippen LogP contribution in [-0.2, 0) is 57.0 Å². The minimum atomic E-state index is -5.02. The predicted molar refractivity (Wildman–Crippen MR) is 186 cm³/mol. The fourth-order valence-corrected chi connectivity index (χ4v) is 8.19. The van der Waals surface area contributed by atoms with E-state index in [4.69, 9.17) is 0 Å². The molecule has 0 spiro atoms. The molecule has 0 saturated carbocycles. The second-order valence-electron chi connectivity index (χ2n) is 12.1. The summed E-state index contributed by atoms with van der Waals surface area (Å²) in [6.07, 6.45) is 0. The third kappa shape index (κ3) is 9.69. The Morgan fingerprint density at radius 3 is 0.918 bits per heavy atom. The number of hydrogen-bond donors (Lipinski definition) is 0. The molecule has 0 unspecified atom stereocenters. The summed E-state index contributed by atoms with van der Waals surface area (Å²) >= 11 is 0. The van der Waals surface area contributed by atoms with Crippen molar-refractivity contribution in [2.24, 2.45) is 0 Å². The van der Waals surface area contributed by atoms with Gasteiger partial charge in [0.05, 0.1) is 42.9 Å². The van der Waals surface area contributed by atoms with Crippen LogP contribution in [0, 0.1) is 0 Å². The number of hydrogen-bond acceptors (Lipinski definition) is 18. The number of fused-ring (bicyclic) bond motifs is 20. The van der Waals surface area contributed by atoms with Gasteiger partial charge in [-0.2, -0.15) is 0 Å². The fourth-order valence-electron chi connectivity index (χ4n) is 6.20. The van der Waals surface area contributed by atoms with Gasteiger partial charge in [-0.25, -0.2) is 43.6 Å². The van der Waals surface area contributed by atoms with Gasteiger partial charge >= 0.3 is 135 Å². The van der Waals surface area contributed by atoms with Crippen LogP contribution < -0.4 is 128 Å². The Bertz CT molecular complexity index is 3400. The van der Waals surface area contributed by atoms with Crippen molar-refractivity contribution >= 4 is 84.6 Å². The van der Waals surface area contributed by atoms with Crippen molar-refractivity contribution in [2.75, 3.05) is 0 Å². The quantitative estimate of drug-likeness (QED) is 0.117. The zero-order valence-corrected chi connectivity index (χ0v) is 43.6. The summed E-state index contributed by atoms with van der Waals surface area (Å²) < 4.78 is 145. The van der Waals surface area contributed by atoms with Crippen molar-refractivity contribution in [3.05, 3.63) is 72.8 Å². The summed E-state index contributed by atoms with van der Waals surface area (Å²) in [6, 6.07) is 12.8. The van der Waals surface area contributed by atoms with Gasteiger partial charge in [0.2, 0.25) is 0 Å². The molecule has 7 aromatic rings. The maximum absolute atomic E-state index is 12.0.